The second kappa shape index (κ2) is 5.38. The fourth-order valence-corrected chi connectivity index (χ4v) is 2.54. The lowest BCUT2D eigenvalue weighted by Gasteiger charge is -2.25. The first-order valence-corrected chi connectivity index (χ1v) is 6.48. The average Bonchev–Trinajstić information content (AvgIpc) is 2.82. The van der Waals surface area contributed by atoms with Gasteiger partial charge in [0.15, 0.2) is 0 Å². The molecule has 1 aliphatic carbocycles. The Balaban J connectivity index is 2.05. The van der Waals surface area contributed by atoms with Gasteiger partial charge in [0.05, 0.1) is 12.1 Å². The number of nitrogens with one attached hydrogen (secondary N) is 1. The van der Waals surface area contributed by atoms with E-state index >= 15 is 0 Å². The molecule has 2 N–H and O–H groups in total. The molecule has 1 aromatic heterocycles. The average molecular weight is 262 g/mol. The number of aliphatic carboxylic acids is 1. The third-order valence-corrected chi connectivity index (χ3v) is 3.69. The van der Waals surface area contributed by atoms with Crippen molar-refractivity contribution in [3.8, 4) is 0 Å². The van der Waals surface area contributed by atoms with Gasteiger partial charge in [0.25, 0.3) is 0 Å². The molecule has 19 heavy (non-hydrogen) atoms. The first kappa shape index (κ1) is 13.5. The van der Waals surface area contributed by atoms with Gasteiger partial charge in [0.1, 0.15) is 5.54 Å². The van der Waals surface area contributed by atoms with Crippen LogP contribution in [0.15, 0.2) is 18.3 Å². The van der Waals surface area contributed by atoms with E-state index in [-0.39, 0.29) is 12.3 Å². The lowest BCUT2D eigenvalue weighted by Crippen LogP contribution is -2.53. The lowest BCUT2D eigenvalue weighted by molar-refractivity contribution is -0.147. The van der Waals surface area contributed by atoms with E-state index < -0.39 is 11.5 Å². The van der Waals surface area contributed by atoms with Crippen molar-refractivity contribution in [2.45, 2.75) is 44.6 Å². The second-order valence-electron chi connectivity index (χ2n) is 5.09. The van der Waals surface area contributed by atoms with E-state index in [0.717, 1.165) is 18.4 Å². The summed E-state index contributed by atoms with van der Waals surface area (Å²) < 4.78 is 0. The van der Waals surface area contributed by atoms with Gasteiger partial charge in [-0.05, 0) is 31.4 Å². The van der Waals surface area contributed by atoms with Gasteiger partial charge in [-0.2, -0.15) is 0 Å². The van der Waals surface area contributed by atoms with Crippen molar-refractivity contribution >= 4 is 11.9 Å². The van der Waals surface area contributed by atoms with Crippen molar-refractivity contribution in [2.24, 2.45) is 0 Å². The molecule has 0 aliphatic heterocycles. The quantitative estimate of drug-likeness (QED) is 0.860. The zero-order valence-corrected chi connectivity index (χ0v) is 11.0. The van der Waals surface area contributed by atoms with Crippen LogP contribution in [0.25, 0.3) is 0 Å². The summed E-state index contributed by atoms with van der Waals surface area (Å²) >= 11 is 0. The highest BCUT2D eigenvalue weighted by Gasteiger charge is 2.42. The summed E-state index contributed by atoms with van der Waals surface area (Å²) in [7, 11) is 0. The van der Waals surface area contributed by atoms with Crippen molar-refractivity contribution in [3.63, 3.8) is 0 Å². The second-order valence-corrected chi connectivity index (χ2v) is 5.09. The summed E-state index contributed by atoms with van der Waals surface area (Å²) in [5, 5.41) is 12.0. The molecule has 1 aromatic rings. The molecule has 1 amide bonds. The topological polar surface area (TPSA) is 79.3 Å². The van der Waals surface area contributed by atoms with E-state index in [2.05, 4.69) is 10.3 Å². The van der Waals surface area contributed by atoms with E-state index in [0.29, 0.717) is 18.5 Å². The SMILES string of the molecule is Cc1cccnc1CC(=O)NC1(C(=O)O)CCCC1. The number of rotatable bonds is 4. The number of aryl methyl sites for hydroxylation is 1. The Morgan fingerprint density at radius 2 is 2.11 bits per heavy atom. The van der Waals surface area contributed by atoms with E-state index in [4.69, 9.17) is 0 Å². The molecule has 0 radical (unpaired) electrons. The highest BCUT2D eigenvalue weighted by atomic mass is 16.4. The van der Waals surface area contributed by atoms with E-state index in [1.165, 1.54) is 0 Å². The normalized spacial score (nSPS) is 17.1. The molecule has 1 fully saturated rings. The largest absolute Gasteiger partial charge is 0.480 e. The van der Waals surface area contributed by atoms with Crippen LogP contribution in [0.2, 0.25) is 0 Å². The molecule has 2 rings (SSSR count). The Labute approximate surface area is 112 Å². The number of hydrogen-bond acceptors (Lipinski definition) is 3. The highest BCUT2D eigenvalue weighted by Crippen LogP contribution is 2.30. The summed E-state index contributed by atoms with van der Waals surface area (Å²) in [5.41, 5.74) is 0.562. The molecule has 5 nitrogen and oxygen atoms in total. The number of pyridine rings is 1. The molecule has 0 aromatic carbocycles. The van der Waals surface area contributed by atoms with Crippen LogP contribution in [0, 0.1) is 6.92 Å². The summed E-state index contributed by atoms with van der Waals surface area (Å²) in [6, 6.07) is 3.70. The molecule has 0 bridgehead atoms. The zero-order valence-electron chi connectivity index (χ0n) is 11.0. The van der Waals surface area contributed by atoms with Gasteiger partial charge in [0, 0.05) is 6.20 Å². The predicted octanol–water partition coefficient (Wildman–Crippen LogP) is 1.45. The smallest absolute Gasteiger partial charge is 0.329 e. The predicted molar refractivity (Wildman–Crippen MR) is 69.7 cm³/mol. The number of hydrogen-bond donors (Lipinski definition) is 2. The summed E-state index contributed by atoms with van der Waals surface area (Å²) in [4.78, 5) is 27.5. The van der Waals surface area contributed by atoms with E-state index in [9.17, 15) is 14.7 Å². The van der Waals surface area contributed by atoms with Crippen LogP contribution < -0.4 is 5.32 Å². The molecule has 0 saturated heterocycles. The number of amides is 1. The Morgan fingerprint density at radius 3 is 2.68 bits per heavy atom. The monoisotopic (exact) mass is 262 g/mol. The number of nitrogens with zero attached hydrogens (tertiary/aromatic N) is 1. The fraction of sp³-hybridized carbons (Fsp3) is 0.500. The van der Waals surface area contributed by atoms with Crippen LogP contribution in [-0.4, -0.2) is 27.5 Å². The molecular weight excluding hydrogens is 244 g/mol. The van der Waals surface area contributed by atoms with Gasteiger partial charge >= 0.3 is 5.97 Å². The summed E-state index contributed by atoms with van der Waals surface area (Å²) in [6.07, 6.45) is 4.47. The van der Waals surface area contributed by atoms with Gasteiger partial charge in [-0.1, -0.05) is 18.9 Å². The number of carboxylic acid groups (broad SMARTS) is 1. The zero-order chi connectivity index (χ0) is 13.9. The van der Waals surface area contributed by atoms with Crippen molar-refractivity contribution in [3.05, 3.63) is 29.6 Å². The number of carbonyl (C=O) groups is 2. The van der Waals surface area contributed by atoms with Crippen LogP contribution in [-0.2, 0) is 16.0 Å². The summed E-state index contributed by atoms with van der Waals surface area (Å²) in [5.74, 6) is -1.21. The Bertz CT molecular complexity index is 493. The molecule has 0 atom stereocenters. The molecule has 102 valence electrons. The van der Waals surface area contributed by atoms with Gasteiger partial charge in [-0.25, -0.2) is 4.79 Å². The highest BCUT2D eigenvalue weighted by molar-refractivity contribution is 5.88. The van der Waals surface area contributed by atoms with Gasteiger partial charge < -0.3 is 10.4 Å². The number of carboxylic acids is 1. The summed E-state index contributed by atoms with van der Waals surface area (Å²) in [6.45, 7) is 1.89. The Morgan fingerprint density at radius 1 is 1.42 bits per heavy atom. The molecule has 1 saturated carbocycles. The van der Waals surface area contributed by atoms with Crippen LogP contribution in [0.5, 0.6) is 0 Å². The number of carbonyl (C=O) groups excluding carboxylic acids is 1. The molecule has 0 unspecified atom stereocenters. The molecule has 5 heteroatoms. The third-order valence-electron chi connectivity index (χ3n) is 3.69. The first-order chi connectivity index (χ1) is 9.03. The molecule has 1 aliphatic rings. The lowest BCUT2D eigenvalue weighted by atomic mass is 9.97. The minimum absolute atomic E-state index is 0.127. The maximum atomic E-state index is 12.0. The molecule has 0 spiro atoms. The Hall–Kier alpha value is -1.91. The van der Waals surface area contributed by atoms with Crippen LogP contribution in [0.1, 0.15) is 36.9 Å². The van der Waals surface area contributed by atoms with Crippen molar-refractivity contribution in [1.82, 2.24) is 10.3 Å². The minimum atomic E-state index is -1.07. The van der Waals surface area contributed by atoms with Crippen LogP contribution in [0.3, 0.4) is 0 Å². The first-order valence-electron chi connectivity index (χ1n) is 6.48. The maximum absolute atomic E-state index is 12.0. The van der Waals surface area contributed by atoms with Crippen molar-refractivity contribution < 1.29 is 14.7 Å². The third kappa shape index (κ3) is 2.92. The maximum Gasteiger partial charge on any atom is 0.329 e. The fourth-order valence-electron chi connectivity index (χ4n) is 2.54. The van der Waals surface area contributed by atoms with Crippen LogP contribution >= 0.6 is 0 Å². The minimum Gasteiger partial charge on any atom is -0.480 e. The van der Waals surface area contributed by atoms with Gasteiger partial charge in [-0.3, -0.25) is 9.78 Å². The molecular formula is C14H18N2O3. The van der Waals surface area contributed by atoms with Crippen LogP contribution in [0.4, 0.5) is 0 Å². The van der Waals surface area contributed by atoms with E-state index in [1.54, 1.807) is 6.20 Å². The van der Waals surface area contributed by atoms with Crippen molar-refractivity contribution in [2.75, 3.05) is 0 Å². The van der Waals surface area contributed by atoms with Crippen molar-refractivity contribution in [1.29, 1.82) is 0 Å². The molecule has 1 heterocycles. The van der Waals surface area contributed by atoms with Gasteiger partial charge in [0.2, 0.25) is 5.91 Å². The van der Waals surface area contributed by atoms with E-state index in [1.807, 2.05) is 19.1 Å². The van der Waals surface area contributed by atoms with Gasteiger partial charge in [-0.15, -0.1) is 0 Å². The number of aromatic nitrogens is 1. The standard InChI is InChI=1S/C14H18N2O3/c1-10-5-4-8-15-11(10)9-12(17)16-14(13(18)19)6-2-3-7-14/h4-5,8H,2-3,6-7,9H2,1H3,(H,16,17)(H,18,19). The Kier molecular flexibility index (Phi) is 3.83.